The molecule has 18 heavy (non-hydrogen) atoms. The number of hydrogen-bond acceptors (Lipinski definition) is 4. The molecule has 100 valence electrons. The van der Waals surface area contributed by atoms with Gasteiger partial charge in [-0.15, -0.1) is 0 Å². The molecule has 2 rings (SSSR count). The van der Waals surface area contributed by atoms with Gasteiger partial charge in [0.05, 0.1) is 6.10 Å². The van der Waals surface area contributed by atoms with E-state index >= 15 is 0 Å². The molecule has 0 bridgehead atoms. The van der Waals surface area contributed by atoms with E-state index in [1.54, 1.807) is 13.1 Å². The van der Waals surface area contributed by atoms with Crippen LogP contribution in [0.15, 0.2) is 18.3 Å². The molecule has 4 nitrogen and oxygen atoms in total. The maximum Gasteiger partial charge on any atom is 0.128 e. The summed E-state index contributed by atoms with van der Waals surface area (Å²) < 4.78 is 0. The van der Waals surface area contributed by atoms with E-state index in [1.807, 2.05) is 12.1 Å². The number of nitrogens with zero attached hydrogens (tertiary/aromatic N) is 3. The Morgan fingerprint density at radius 1 is 1.56 bits per heavy atom. The Labute approximate surface area is 109 Å². The molecule has 0 radical (unpaired) electrons. The summed E-state index contributed by atoms with van der Waals surface area (Å²) in [5.74, 6) is 1.71. The number of pyridine rings is 1. The molecule has 0 amide bonds. The van der Waals surface area contributed by atoms with Crippen LogP contribution in [0, 0.1) is 5.92 Å². The minimum absolute atomic E-state index is 0.444. The Morgan fingerprint density at radius 2 is 2.33 bits per heavy atom. The average Bonchev–Trinajstić information content (AvgIpc) is 2.75. The van der Waals surface area contributed by atoms with E-state index in [1.165, 1.54) is 19.5 Å². The van der Waals surface area contributed by atoms with Crippen molar-refractivity contribution in [2.75, 3.05) is 38.6 Å². The molecule has 0 aromatic carbocycles. The number of hydrogen-bond donors (Lipinski definition) is 1. The second-order valence-corrected chi connectivity index (χ2v) is 5.42. The van der Waals surface area contributed by atoms with Crippen LogP contribution >= 0.6 is 0 Å². The van der Waals surface area contributed by atoms with Crippen LogP contribution in [0.3, 0.4) is 0 Å². The first-order valence-electron chi connectivity index (χ1n) is 6.60. The molecule has 1 aliphatic heterocycles. The van der Waals surface area contributed by atoms with Gasteiger partial charge in [-0.2, -0.15) is 0 Å². The van der Waals surface area contributed by atoms with Crippen LogP contribution in [-0.2, 0) is 0 Å². The van der Waals surface area contributed by atoms with E-state index in [2.05, 4.69) is 28.9 Å². The lowest BCUT2D eigenvalue weighted by atomic mass is 10.1. The molecule has 0 saturated carbocycles. The van der Waals surface area contributed by atoms with Crippen molar-refractivity contribution in [1.29, 1.82) is 0 Å². The highest BCUT2D eigenvalue weighted by Gasteiger charge is 2.21. The Balaban J connectivity index is 1.94. The van der Waals surface area contributed by atoms with E-state index in [-0.39, 0.29) is 0 Å². The van der Waals surface area contributed by atoms with Crippen LogP contribution in [0.5, 0.6) is 0 Å². The minimum Gasteiger partial charge on any atom is -0.389 e. The van der Waals surface area contributed by atoms with Gasteiger partial charge in [-0.3, -0.25) is 0 Å². The number of rotatable bonds is 4. The topological polar surface area (TPSA) is 39.6 Å². The Hall–Kier alpha value is -1.13. The lowest BCUT2D eigenvalue weighted by molar-refractivity contribution is 0.199. The predicted molar refractivity (Wildman–Crippen MR) is 73.7 cm³/mol. The highest BCUT2D eigenvalue weighted by Crippen LogP contribution is 2.19. The van der Waals surface area contributed by atoms with Crippen molar-refractivity contribution < 1.29 is 5.11 Å². The Kier molecular flexibility index (Phi) is 4.19. The van der Waals surface area contributed by atoms with Gasteiger partial charge < -0.3 is 14.9 Å². The van der Waals surface area contributed by atoms with E-state index in [9.17, 15) is 5.11 Å². The summed E-state index contributed by atoms with van der Waals surface area (Å²) in [6, 6.07) is 3.94. The molecular formula is C14H23N3O. The zero-order valence-electron chi connectivity index (χ0n) is 11.5. The summed E-state index contributed by atoms with van der Waals surface area (Å²) >= 11 is 0. The second kappa shape index (κ2) is 5.67. The van der Waals surface area contributed by atoms with Crippen LogP contribution in [-0.4, -0.2) is 48.7 Å². The Morgan fingerprint density at radius 3 is 2.83 bits per heavy atom. The van der Waals surface area contributed by atoms with E-state index in [4.69, 9.17) is 0 Å². The van der Waals surface area contributed by atoms with Gasteiger partial charge in [0.1, 0.15) is 5.82 Å². The maximum atomic E-state index is 9.45. The van der Waals surface area contributed by atoms with Gasteiger partial charge in [-0.05, 0) is 44.5 Å². The molecule has 1 aliphatic rings. The van der Waals surface area contributed by atoms with Gasteiger partial charge in [-0.1, -0.05) is 6.07 Å². The van der Waals surface area contributed by atoms with Gasteiger partial charge in [0.2, 0.25) is 0 Å². The van der Waals surface area contributed by atoms with Gasteiger partial charge >= 0.3 is 0 Å². The molecule has 0 spiro atoms. The minimum atomic E-state index is -0.444. The molecule has 1 saturated heterocycles. The number of aromatic nitrogens is 1. The molecule has 4 heteroatoms. The van der Waals surface area contributed by atoms with Crippen molar-refractivity contribution in [2.45, 2.75) is 19.4 Å². The zero-order chi connectivity index (χ0) is 13.1. The van der Waals surface area contributed by atoms with Crippen LogP contribution in [0.4, 0.5) is 5.82 Å². The average molecular weight is 249 g/mol. The summed E-state index contributed by atoms with van der Waals surface area (Å²) in [4.78, 5) is 8.99. The third-order valence-corrected chi connectivity index (χ3v) is 3.67. The summed E-state index contributed by atoms with van der Waals surface area (Å²) in [7, 11) is 4.26. The lowest BCUT2D eigenvalue weighted by Crippen LogP contribution is -2.27. The first-order chi connectivity index (χ1) is 8.56. The van der Waals surface area contributed by atoms with Crippen LogP contribution in [0.1, 0.15) is 25.0 Å². The SMILES string of the molecule is C[C@H](O)c1ccc(N(C)CC2CCN(C)C2)nc1. The van der Waals surface area contributed by atoms with Crippen LogP contribution < -0.4 is 4.90 Å². The standard InChI is InChI=1S/C14H23N3O/c1-11(18)13-4-5-14(15-8-13)17(3)10-12-6-7-16(2)9-12/h4-5,8,11-12,18H,6-7,9-10H2,1-3H3/t11-,12?/m0/s1. The molecular weight excluding hydrogens is 226 g/mol. The predicted octanol–water partition coefficient (Wildman–Crippen LogP) is 1.52. The number of aliphatic hydroxyl groups is 1. The molecule has 1 fully saturated rings. The lowest BCUT2D eigenvalue weighted by Gasteiger charge is -2.22. The Bertz CT molecular complexity index is 377. The van der Waals surface area contributed by atoms with Gasteiger partial charge in [0, 0.05) is 26.3 Å². The van der Waals surface area contributed by atoms with Crippen LogP contribution in [0.2, 0.25) is 0 Å². The third kappa shape index (κ3) is 3.21. The van der Waals surface area contributed by atoms with E-state index in [0.717, 1.165) is 23.8 Å². The number of aliphatic hydroxyl groups excluding tert-OH is 1. The summed E-state index contributed by atoms with van der Waals surface area (Å²) in [5, 5.41) is 9.45. The van der Waals surface area contributed by atoms with Gasteiger partial charge in [0.25, 0.3) is 0 Å². The fraction of sp³-hybridized carbons (Fsp3) is 0.643. The fourth-order valence-corrected chi connectivity index (χ4v) is 2.53. The molecule has 1 aromatic rings. The van der Waals surface area contributed by atoms with Crippen molar-refractivity contribution >= 4 is 5.82 Å². The molecule has 2 atom stereocenters. The maximum absolute atomic E-state index is 9.45. The summed E-state index contributed by atoms with van der Waals surface area (Å²) in [6.07, 6.45) is 2.59. The van der Waals surface area contributed by atoms with Crippen molar-refractivity contribution in [3.05, 3.63) is 23.9 Å². The largest absolute Gasteiger partial charge is 0.389 e. The zero-order valence-corrected chi connectivity index (χ0v) is 11.5. The number of likely N-dealkylation sites (tertiary alicyclic amines) is 1. The van der Waals surface area contributed by atoms with Crippen molar-refractivity contribution in [3.8, 4) is 0 Å². The van der Waals surface area contributed by atoms with Gasteiger partial charge in [-0.25, -0.2) is 4.98 Å². The highest BCUT2D eigenvalue weighted by atomic mass is 16.3. The third-order valence-electron chi connectivity index (χ3n) is 3.67. The summed E-state index contributed by atoms with van der Waals surface area (Å²) in [5.41, 5.74) is 0.868. The normalized spacial score (nSPS) is 22.1. The van der Waals surface area contributed by atoms with Crippen LogP contribution in [0.25, 0.3) is 0 Å². The fourth-order valence-electron chi connectivity index (χ4n) is 2.53. The van der Waals surface area contributed by atoms with Crippen molar-refractivity contribution in [3.63, 3.8) is 0 Å². The first-order valence-corrected chi connectivity index (χ1v) is 6.60. The molecule has 0 aliphatic carbocycles. The molecule has 1 aromatic heterocycles. The second-order valence-electron chi connectivity index (χ2n) is 5.42. The van der Waals surface area contributed by atoms with Crippen molar-refractivity contribution in [1.82, 2.24) is 9.88 Å². The molecule has 1 N–H and O–H groups in total. The summed E-state index contributed by atoms with van der Waals surface area (Å²) in [6.45, 7) is 5.18. The van der Waals surface area contributed by atoms with E-state index < -0.39 is 6.10 Å². The molecule has 2 heterocycles. The first kappa shape index (κ1) is 13.3. The smallest absolute Gasteiger partial charge is 0.128 e. The monoisotopic (exact) mass is 249 g/mol. The highest BCUT2D eigenvalue weighted by molar-refractivity contribution is 5.38. The number of anilines is 1. The van der Waals surface area contributed by atoms with E-state index in [0.29, 0.717) is 0 Å². The molecule has 1 unspecified atom stereocenters. The van der Waals surface area contributed by atoms with Crippen molar-refractivity contribution in [2.24, 2.45) is 5.92 Å². The van der Waals surface area contributed by atoms with Gasteiger partial charge in [0.15, 0.2) is 0 Å². The quantitative estimate of drug-likeness (QED) is 0.878.